The summed E-state index contributed by atoms with van der Waals surface area (Å²) >= 11 is 0. The Labute approximate surface area is 48.0 Å². The molecule has 0 radical (unpaired) electrons. The summed E-state index contributed by atoms with van der Waals surface area (Å²) in [6, 6.07) is 0. The number of carbonyl (C=O) groups is 1. The molecule has 1 rings (SSSR count). The Hall–Kier alpha value is -0.860. The molecule has 44 valence electrons. The van der Waals surface area contributed by atoms with Crippen molar-refractivity contribution in [2.75, 3.05) is 13.1 Å². The van der Waals surface area contributed by atoms with Gasteiger partial charge in [0.15, 0.2) is 0 Å². The van der Waals surface area contributed by atoms with E-state index in [0.29, 0.717) is 6.54 Å². The Bertz CT molecular complexity index is 130. The van der Waals surface area contributed by atoms with Gasteiger partial charge >= 0.3 is 0 Å². The van der Waals surface area contributed by atoms with Crippen LogP contribution in [0, 0.1) is 0 Å². The second-order valence-electron chi connectivity index (χ2n) is 1.64. The van der Waals surface area contributed by atoms with E-state index >= 15 is 0 Å². The van der Waals surface area contributed by atoms with E-state index in [4.69, 9.17) is 0 Å². The highest BCUT2D eigenvalue weighted by Gasteiger charge is 2.12. The van der Waals surface area contributed by atoms with E-state index < -0.39 is 0 Å². The van der Waals surface area contributed by atoms with Gasteiger partial charge in [-0.2, -0.15) is 0 Å². The van der Waals surface area contributed by atoms with Crippen molar-refractivity contribution >= 4 is 12.2 Å². The maximum Gasteiger partial charge on any atom is 0.249 e. The molecule has 1 aliphatic rings. The van der Waals surface area contributed by atoms with Crippen molar-refractivity contribution in [2.45, 2.75) is 6.92 Å². The van der Waals surface area contributed by atoms with Crippen molar-refractivity contribution in [2.24, 2.45) is 4.99 Å². The molecule has 0 N–H and O–H groups in total. The first kappa shape index (κ1) is 5.28. The molecule has 0 fully saturated rings. The molecule has 1 heterocycles. The zero-order valence-electron chi connectivity index (χ0n) is 4.79. The summed E-state index contributed by atoms with van der Waals surface area (Å²) in [6.45, 7) is 3.01. The minimum atomic E-state index is 0.104. The number of hydrogen-bond donors (Lipinski definition) is 0. The fourth-order valence-corrected chi connectivity index (χ4v) is 0.631. The Kier molecular flexibility index (Phi) is 1.28. The predicted molar refractivity (Wildman–Crippen MR) is 30.7 cm³/mol. The number of carbonyl (C=O) groups excluding carboxylic acids is 1. The Morgan fingerprint density at radius 1 is 2.00 bits per heavy atom. The lowest BCUT2D eigenvalue weighted by atomic mass is 10.5. The Morgan fingerprint density at radius 2 is 2.75 bits per heavy atom. The summed E-state index contributed by atoms with van der Waals surface area (Å²) in [5.74, 6) is 0.104. The van der Waals surface area contributed by atoms with Gasteiger partial charge in [0, 0.05) is 6.54 Å². The number of rotatable bonds is 1. The van der Waals surface area contributed by atoms with Crippen molar-refractivity contribution in [3.05, 3.63) is 0 Å². The van der Waals surface area contributed by atoms with Crippen LogP contribution in [0.25, 0.3) is 0 Å². The van der Waals surface area contributed by atoms with Crippen LogP contribution in [0.15, 0.2) is 4.99 Å². The Balaban J connectivity index is 2.53. The van der Waals surface area contributed by atoms with Gasteiger partial charge in [0.25, 0.3) is 0 Å². The second-order valence-corrected chi connectivity index (χ2v) is 1.64. The number of amides is 1. The van der Waals surface area contributed by atoms with Crippen molar-refractivity contribution in [1.82, 2.24) is 4.90 Å². The molecule has 1 amide bonds. The zero-order valence-corrected chi connectivity index (χ0v) is 4.79. The second kappa shape index (κ2) is 1.94. The highest BCUT2D eigenvalue weighted by Crippen LogP contribution is 1.92. The first-order chi connectivity index (χ1) is 3.84. The van der Waals surface area contributed by atoms with Crippen molar-refractivity contribution < 1.29 is 4.79 Å². The SMILES string of the molecule is CCN1C=NCC1=O. The van der Waals surface area contributed by atoms with Crippen LogP contribution in [0.3, 0.4) is 0 Å². The zero-order chi connectivity index (χ0) is 5.98. The van der Waals surface area contributed by atoms with E-state index in [2.05, 4.69) is 4.99 Å². The van der Waals surface area contributed by atoms with Crippen LogP contribution in [-0.2, 0) is 4.79 Å². The minimum Gasteiger partial charge on any atom is -0.302 e. The molecule has 0 saturated heterocycles. The summed E-state index contributed by atoms with van der Waals surface area (Å²) in [4.78, 5) is 16.0. The third kappa shape index (κ3) is 0.710. The summed E-state index contributed by atoms with van der Waals surface area (Å²) < 4.78 is 0. The van der Waals surface area contributed by atoms with Gasteiger partial charge in [0.1, 0.15) is 6.54 Å². The highest BCUT2D eigenvalue weighted by atomic mass is 16.2. The van der Waals surface area contributed by atoms with E-state index in [0.717, 1.165) is 6.54 Å². The van der Waals surface area contributed by atoms with Crippen LogP contribution in [0.4, 0.5) is 0 Å². The molecule has 0 atom stereocenters. The number of likely N-dealkylation sites (N-methyl/N-ethyl adjacent to an activating group) is 1. The van der Waals surface area contributed by atoms with Crippen LogP contribution in [0.1, 0.15) is 6.92 Å². The van der Waals surface area contributed by atoms with Crippen LogP contribution in [0.5, 0.6) is 0 Å². The highest BCUT2D eigenvalue weighted by molar-refractivity contribution is 5.93. The maximum absolute atomic E-state index is 10.6. The smallest absolute Gasteiger partial charge is 0.249 e. The van der Waals surface area contributed by atoms with Gasteiger partial charge in [0.2, 0.25) is 5.91 Å². The molecule has 0 aromatic carbocycles. The standard InChI is InChI=1S/C5H8N2O/c1-2-7-4-6-3-5(7)8/h4H,2-3H2,1H3. The van der Waals surface area contributed by atoms with E-state index in [1.165, 1.54) is 0 Å². The molecule has 0 bridgehead atoms. The molecule has 0 spiro atoms. The molecule has 0 saturated carbocycles. The average Bonchev–Trinajstić information content (AvgIpc) is 2.14. The third-order valence-corrected chi connectivity index (χ3v) is 1.11. The summed E-state index contributed by atoms with van der Waals surface area (Å²) in [5.41, 5.74) is 0. The van der Waals surface area contributed by atoms with Crippen LogP contribution < -0.4 is 0 Å². The average molecular weight is 112 g/mol. The normalized spacial score (nSPS) is 18.1. The van der Waals surface area contributed by atoms with Gasteiger partial charge in [-0.1, -0.05) is 0 Å². The quantitative estimate of drug-likeness (QED) is 0.465. The van der Waals surface area contributed by atoms with Gasteiger partial charge < -0.3 is 4.90 Å². The molecule has 1 aliphatic heterocycles. The lowest BCUT2D eigenvalue weighted by molar-refractivity contribution is -0.124. The lowest BCUT2D eigenvalue weighted by Crippen LogP contribution is -2.25. The number of nitrogens with zero attached hydrogens (tertiary/aromatic N) is 2. The van der Waals surface area contributed by atoms with E-state index in [1.807, 2.05) is 6.92 Å². The lowest BCUT2D eigenvalue weighted by Gasteiger charge is -2.05. The van der Waals surface area contributed by atoms with E-state index in [-0.39, 0.29) is 5.91 Å². The number of aliphatic imine (C=N–C) groups is 1. The van der Waals surface area contributed by atoms with Gasteiger partial charge in [-0.05, 0) is 6.92 Å². The minimum absolute atomic E-state index is 0.104. The first-order valence-electron chi connectivity index (χ1n) is 2.64. The molecule has 3 heteroatoms. The first-order valence-corrected chi connectivity index (χ1v) is 2.64. The Morgan fingerprint density at radius 3 is 3.00 bits per heavy atom. The van der Waals surface area contributed by atoms with Gasteiger partial charge in [-0.25, -0.2) is 0 Å². The van der Waals surface area contributed by atoms with Crippen LogP contribution in [0.2, 0.25) is 0 Å². The van der Waals surface area contributed by atoms with Crippen LogP contribution >= 0.6 is 0 Å². The summed E-state index contributed by atoms with van der Waals surface area (Å²) in [7, 11) is 0. The van der Waals surface area contributed by atoms with Gasteiger partial charge in [-0.3, -0.25) is 9.79 Å². The molecule has 0 aromatic heterocycles. The molecule has 8 heavy (non-hydrogen) atoms. The van der Waals surface area contributed by atoms with Gasteiger partial charge in [-0.15, -0.1) is 0 Å². The van der Waals surface area contributed by atoms with Gasteiger partial charge in [0.05, 0.1) is 6.34 Å². The molecule has 0 unspecified atom stereocenters. The fraction of sp³-hybridized carbons (Fsp3) is 0.600. The van der Waals surface area contributed by atoms with Crippen molar-refractivity contribution in [3.63, 3.8) is 0 Å². The van der Waals surface area contributed by atoms with Crippen molar-refractivity contribution in [3.8, 4) is 0 Å². The fourth-order valence-electron chi connectivity index (χ4n) is 0.631. The molecule has 3 nitrogen and oxygen atoms in total. The molecular weight excluding hydrogens is 104 g/mol. The number of hydrogen-bond acceptors (Lipinski definition) is 2. The summed E-state index contributed by atoms with van der Waals surface area (Å²) in [5, 5.41) is 0. The predicted octanol–water partition coefficient (Wildman–Crippen LogP) is -0.123. The third-order valence-electron chi connectivity index (χ3n) is 1.11. The largest absolute Gasteiger partial charge is 0.302 e. The maximum atomic E-state index is 10.6. The van der Waals surface area contributed by atoms with Crippen molar-refractivity contribution in [1.29, 1.82) is 0 Å². The molecule has 0 aromatic rings. The summed E-state index contributed by atoms with van der Waals surface area (Å²) in [6.07, 6.45) is 1.59. The monoisotopic (exact) mass is 112 g/mol. The molecular formula is C5H8N2O. The van der Waals surface area contributed by atoms with E-state index in [1.54, 1.807) is 11.2 Å². The topological polar surface area (TPSA) is 32.7 Å². The van der Waals surface area contributed by atoms with E-state index in [9.17, 15) is 4.79 Å². The molecule has 0 aliphatic carbocycles. The van der Waals surface area contributed by atoms with Crippen LogP contribution in [-0.4, -0.2) is 30.2 Å².